The molecule has 0 spiro atoms. The number of ether oxygens (including phenoxy) is 1. The van der Waals surface area contributed by atoms with Crippen LogP contribution in [0.5, 0.6) is 0 Å². The van der Waals surface area contributed by atoms with Crippen molar-refractivity contribution in [2.45, 2.75) is 18.2 Å². The minimum Gasteiger partial charge on any atom is -0.375 e. The van der Waals surface area contributed by atoms with Gasteiger partial charge in [-0.3, -0.25) is 0 Å². The monoisotopic (exact) mass is 259 g/mol. The number of hydrogen-bond donors (Lipinski definition) is 0. The highest BCUT2D eigenvalue weighted by Gasteiger charge is 2.18. The highest BCUT2D eigenvalue weighted by molar-refractivity contribution is 7.98. The van der Waals surface area contributed by atoms with Gasteiger partial charge in [-0.1, -0.05) is 23.4 Å². The molecule has 2 rings (SSSR count). The molecule has 0 N–H and O–H groups in total. The van der Waals surface area contributed by atoms with Crippen LogP contribution in [0.3, 0.4) is 0 Å². The maximum atomic E-state index is 5.96. The first-order chi connectivity index (χ1) is 7.69. The van der Waals surface area contributed by atoms with E-state index in [-0.39, 0.29) is 6.10 Å². The van der Waals surface area contributed by atoms with Gasteiger partial charge in [0.25, 0.3) is 0 Å². The van der Waals surface area contributed by atoms with E-state index < -0.39 is 0 Å². The van der Waals surface area contributed by atoms with Crippen LogP contribution in [0.15, 0.2) is 11.2 Å². The van der Waals surface area contributed by atoms with Crippen LogP contribution in [0.4, 0.5) is 5.82 Å². The summed E-state index contributed by atoms with van der Waals surface area (Å²) in [7, 11) is 0. The standard InChI is InChI=1S/C10H14ClN3OS/c1-7-6-14(3-4-15-7)9-5-8(11)12-10(13-9)16-2/h5,7H,3-4,6H2,1-2H3/t7-/m0/s1. The van der Waals surface area contributed by atoms with Crippen LogP contribution in [0.2, 0.25) is 5.15 Å². The van der Waals surface area contributed by atoms with E-state index in [1.165, 1.54) is 11.8 Å². The third kappa shape index (κ3) is 2.78. The number of rotatable bonds is 2. The van der Waals surface area contributed by atoms with Crippen LogP contribution >= 0.6 is 23.4 Å². The number of morpholine rings is 1. The second kappa shape index (κ2) is 5.21. The van der Waals surface area contributed by atoms with E-state index >= 15 is 0 Å². The van der Waals surface area contributed by atoms with E-state index in [4.69, 9.17) is 16.3 Å². The van der Waals surface area contributed by atoms with Crippen molar-refractivity contribution in [1.29, 1.82) is 0 Å². The zero-order chi connectivity index (χ0) is 11.5. The SMILES string of the molecule is CSc1nc(Cl)cc(N2CCO[C@@H](C)C2)n1. The summed E-state index contributed by atoms with van der Waals surface area (Å²) in [4.78, 5) is 10.8. The van der Waals surface area contributed by atoms with Gasteiger partial charge in [-0.25, -0.2) is 9.97 Å². The van der Waals surface area contributed by atoms with Crippen molar-refractivity contribution < 1.29 is 4.74 Å². The summed E-state index contributed by atoms with van der Waals surface area (Å²) in [5.74, 6) is 0.888. The van der Waals surface area contributed by atoms with Crippen LogP contribution < -0.4 is 4.90 Å². The van der Waals surface area contributed by atoms with Crippen molar-refractivity contribution >= 4 is 29.2 Å². The Bertz CT molecular complexity index is 377. The fraction of sp³-hybridized carbons (Fsp3) is 0.600. The zero-order valence-electron chi connectivity index (χ0n) is 9.31. The van der Waals surface area contributed by atoms with E-state index in [0.29, 0.717) is 10.3 Å². The first-order valence-electron chi connectivity index (χ1n) is 5.14. The fourth-order valence-corrected chi connectivity index (χ4v) is 2.27. The van der Waals surface area contributed by atoms with Gasteiger partial charge in [0.1, 0.15) is 11.0 Å². The zero-order valence-corrected chi connectivity index (χ0v) is 10.9. The smallest absolute Gasteiger partial charge is 0.190 e. The van der Waals surface area contributed by atoms with Gasteiger partial charge in [-0.15, -0.1) is 0 Å². The van der Waals surface area contributed by atoms with Crippen molar-refractivity contribution in [2.75, 3.05) is 30.9 Å². The Hall–Kier alpha value is -0.520. The summed E-state index contributed by atoms with van der Waals surface area (Å²) in [5, 5.41) is 1.20. The van der Waals surface area contributed by atoms with E-state index in [1.807, 2.05) is 6.26 Å². The molecule has 4 nitrogen and oxygen atoms in total. The Labute approximate surface area is 104 Å². The van der Waals surface area contributed by atoms with E-state index in [0.717, 1.165) is 25.5 Å². The van der Waals surface area contributed by atoms with Crippen molar-refractivity contribution in [3.63, 3.8) is 0 Å². The number of nitrogens with zero attached hydrogens (tertiary/aromatic N) is 3. The van der Waals surface area contributed by atoms with Gasteiger partial charge in [-0.05, 0) is 13.2 Å². The summed E-state index contributed by atoms with van der Waals surface area (Å²) in [5.41, 5.74) is 0. The highest BCUT2D eigenvalue weighted by atomic mass is 35.5. The summed E-state index contributed by atoms with van der Waals surface area (Å²) in [6.45, 7) is 4.49. The lowest BCUT2D eigenvalue weighted by molar-refractivity contribution is 0.0529. The molecular weight excluding hydrogens is 246 g/mol. The van der Waals surface area contributed by atoms with Crippen molar-refractivity contribution in [3.8, 4) is 0 Å². The van der Waals surface area contributed by atoms with Gasteiger partial charge < -0.3 is 9.64 Å². The van der Waals surface area contributed by atoms with Crippen LogP contribution in [0.1, 0.15) is 6.92 Å². The molecule has 1 saturated heterocycles. The van der Waals surface area contributed by atoms with E-state index in [1.54, 1.807) is 6.07 Å². The van der Waals surface area contributed by atoms with Gasteiger partial charge in [-0.2, -0.15) is 0 Å². The van der Waals surface area contributed by atoms with Gasteiger partial charge in [0, 0.05) is 19.2 Å². The second-order valence-corrected chi connectivity index (χ2v) is 4.82. The molecule has 0 bridgehead atoms. The molecular formula is C10H14ClN3OS. The van der Waals surface area contributed by atoms with Crippen LogP contribution in [-0.4, -0.2) is 42.0 Å². The molecule has 0 amide bonds. The van der Waals surface area contributed by atoms with E-state index in [2.05, 4.69) is 21.8 Å². The van der Waals surface area contributed by atoms with Crippen LogP contribution in [-0.2, 0) is 4.74 Å². The molecule has 88 valence electrons. The molecule has 1 fully saturated rings. The molecule has 1 aliphatic rings. The van der Waals surface area contributed by atoms with Crippen molar-refractivity contribution in [2.24, 2.45) is 0 Å². The largest absolute Gasteiger partial charge is 0.375 e. The maximum Gasteiger partial charge on any atom is 0.190 e. The molecule has 1 atom stereocenters. The number of aromatic nitrogens is 2. The normalized spacial score (nSPS) is 21.2. The molecule has 0 radical (unpaired) electrons. The Morgan fingerprint density at radius 2 is 2.38 bits per heavy atom. The molecule has 16 heavy (non-hydrogen) atoms. The van der Waals surface area contributed by atoms with Crippen LogP contribution in [0.25, 0.3) is 0 Å². The second-order valence-electron chi connectivity index (χ2n) is 3.66. The van der Waals surface area contributed by atoms with Gasteiger partial charge >= 0.3 is 0 Å². The third-order valence-corrected chi connectivity index (χ3v) is 3.15. The molecule has 6 heteroatoms. The van der Waals surface area contributed by atoms with Gasteiger partial charge in [0.2, 0.25) is 0 Å². The Morgan fingerprint density at radius 3 is 3.06 bits per heavy atom. The molecule has 1 aromatic rings. The van der Waals surface area contributed by atoms with Crippen molar-refractivity contribution in [3.05, 3.63) is 11.2 Å². The lowest BCUT2D eigenvalue weighted by atomic mass is 10.3. The Balaban J connectivity index is 2.21. The summed E-state index contributed by atoms with van der Waals surface area (Å²) in [6, 6.07) is 1.80. The molecule has 1 aliphatic heterocycles. The Morgan fingerprint density at radius 1 is 1.56 bits per heavy atom. The van der Waals surface area contributed by atoms with E-state index in [9.17, 15) is 0 Å². The molecule has 0 aromatic carbocycles. The lowest BCUT2D eigenvalue weighted by Crippen LogP contribution is -2.41. The molecule has 0 unspecified atom stereocenters. The first kappa shape index (κ1) is 12.0. The average molecular weight is 260 g/mol. The first-order valence-corrected chi connectivity index (χ1v) is 6.74. The Kier molecular flexibility index (Phi) is 3.89. The number of thioether (sulfide) groups is 1. The predicted molar refractivity (Wildman–Crippen MR) is 66.5 cm³/mol. The summed E-state index contributed by atoms with van der Waals surface area (Å²) in [6.07, 6.45) is 2.18. The topological polar surface area (TPSA) is 38.2 Å². The fourth-order valence-electron chi connectivity index (χ4n) is 1.67. The van der Waals surface area contributed by atoms with Crippen molar-refractivity contribution in [1.82, 2.24) is 9.97 Å². The lowest BCUT2D eigenvalue weighted by Gasteiger charge is -2.32. The summed E-state index contributed by atoms with van der Waals surface area (Å²) >= 11 is 7.46. The van der Waals surface area contributed by atoms with Gasteiger partial charge in [0.05, 0.1) is 12.7 Å². The maximum absolute atomic E-state index is 5.96. The quantitative estimate of drug-likeness (QED) is 0.462. The molecule has 2 heterocycles. The highest BCUT2D eigenvalue weighted by Crippen LogP contribution is 2.21. The average Bonchev–Trinajstić information content (AvgIpc) is 2.28. The number of anilines is 1. The number of hydrogen-bond acceptors (Lipinski definition) is 5. The third-order valence-electron chi connectivity index (χ3n) is 2.41. The number of halogens is 1. The molecule has 1 aromatic heterocycles. The minimum atomic E-state index is 0.236. The van der Waals surface area contributed by atoms with Gasteiger partial charge in [0.15, 0.2) is 5.16 Å². The minimum absolute atomic E-state index is 0.236. The molecule has 0 saturated carbocycles. The predicted octanol–water partition coefficient (Wildman–Crippen LogP) is 2.08. The van der Waals surface area contributed by atoms with Crippen LogP contribution in [0, 0.1) is 0 Å². The molecule has 0 aliphatic carbocycles. The summed E-state index contributed by atoms with van der Waals surface area (Å²) < 4.78 is 5.49.